The van der Waals surface area contributed by atoms with Gasteiger partial charge in [-0.25, -0.2) is 0 Å². The fourth-order valence-electron chi connectivity index (χ4n) is 3.90. The van der Waals surface area contributed by atoms with Crippen molar-refractivity contribution in [2.75, 3.05) is 6.54 Å². The van der Waals surface area contributed by atoms with Crippen LogP contribution in [0.1, 0.15) is 30.7 Å². The van der Waals surface area contributed by atoms with Gasteiger partial charge >= 0.3 is 0 Å². The number of thioether (sulfide) groups is 1. The Labute approximate surface area is 200 Å². The fourth-order valence-corrected chi connectivity index (χ4v) is 5.21. The van der Waals surface area contributed by atoms with E-state index >= 15 is 0 Å². The van der Waals surface area contributed by atoms with Gasteiger partial charge in [-0.05, 0) is 65.3 Å². The van der Waals surface area contributed by atoms with Crippen molar-refractivity contribution in [1.82, 2.24) is 30.5 Å². The van der Waals surface area contributed by atoms with Crippen molar-refractivity contribution in [2.45, 2.75) is 25.7 Å². The lowest BCUT2D eigenvalue weighted by Crippen LogP contribution is -2.29. The van der Waals surface area contributed by atoms with Crippen LogP contribution < -0.4 is 0 Å². The number of nitrogens with zero attached hydrogens (tertiary/aromatic N) is 4. The van der Waals surface area contributed by atoms with E-state index in [2.05, 4.69) is 62.0 Å². The molecule has 0 radical (unpaired) electrons. The van der Waals surface area contributed by atoms with Gasteiger partial charge in [0.1, 0.15) is 4.32 Å². The first kappa shape index (κ1) is 21.5. The molecule has 0 aliphatic carbocycles. The summed E-state index contributed by atoms with van der Waals surface area (Å²) in [6.45, 7) is 0.630. The second-order valence-electron chi connectivity index (χ2n) is 7.88. The molecule has 1 saturated heterocycles. The van der Waals surface area contributed by atoms with Gasteiger partial charge in [0.05, 0.1) is 4.91 Å². The molecule has 0 atom stereocenters. The van der Waals surface area contributed by atoms with Crippen LogP contribution in [0.3, 0.4) is 0 Å². The lowest BCUT2D eigenvalue weighted by atomic mass is 10.0. The van der Waals surface area contributed by atoms with Crippen molar-refractivity contribution in [1.29, 1.82) is 0 Å². The van der Waals surface area contributed by atoms with E-state index in [9.17, 15) is 4.79 Å². The Bertz CT molecular complexity index is 1330. The molecule has 1 fully saturated rings. The van der Waals surface area contributed by atoms with E-state index < -0.39 is 0 Å². The number of amides is 1. The Morgan fingerprint density at radius 3 is 2.85 bits per heavy atom. The molecule has 1 aliphatic heterocycles. The van der Waals surface area contributed by atoms with E-state index in [1.807, 2.05) is 24.4 Å². The van der Waals surface area contributed by atoms with Crippen LogP contribution in [0.2, 0.25) is 0 Å². The molecule has 2 N–H and O–H groups in total. The molecule has 3 heterocycles. The SMILES string of the molecule is O=C1C(=Cc2cccc(-c3ccc4[nH]ccc4c3)c2)SC(=S)N1CCCCCc1nn[nH]n1. The number of hydrogen-bond acceptors (Lipinski definition) is 6. The lowest BCUT2D eigenvalue weighted by molar-refractivity contribution is -0.122. The summed E-state index contributed by atoms with van der Waals surface area (Å²) in [6, 6.07) is 16.7. The van der Waals surface area contributed by atoms with E-state index in [1.54, 1.807) is 4.90 Å². The Morgan fingerprint density at radius 1 is 1.06 bits per heavy atom. The second kappa shape index (κ2) is 9.68. The van der Waals surface area contributed by atoms with Gasteiger partial charge in [0.15, 0.2) is 5.82 Å². The number of fused-ring (bicyclic) bond motifs is 1. The summed E-state index contributed by atoms with van der Waals surface area (Å²) in [5, 5.41) is 15.1. The number of nitrogens with one attached hydrogen (secondary N) is 2. The molecular weight excluding hydrogens is 452 g/mol. The summed E-state index contributed by atoms with van der Waals surface area (Å²) in [6.07, 6.45) is 7.47. The van der Waals surface area contributed by atoms with E-state index in [4.69, 9.17) is 12.2 Å². The molecular formula is C24H22N6OS2. The Morgan fingerprint density at radius 2 is 1.97 bits per heavy atom. The number of aryl methyl sites for hydroxylation is 1. The molecule has 0 bridgehead atoms. The highest BCUT2D eigenvalue weighted by Gasteiger charge is 2.31. The van der Waals surface area contributed by atoms with E-state index in [0.29, 0.717) is 15.8 Å². The number of benzene rings is 2. The minimum absolute atomic E-state index is 0.0117. The highest BCUT2D eigenvalue weighted by Crippen LogP contribution is 2.33. The van der Waals surface area contributed by atoms with Gasteiger partial charge in [-0.3, -0.25) is 9.69 Å². The molecule has 9 heteroatoms. The highest BCUT2D eigenvalue weighted by atomic mass is 32.2. The minimum Gasteiger partial charge on any atom is -0.361 e. The third kappa shape index (κ3) is 4.89. The van der Waals surface area contributed by atoms with Crippen molar-refractivity contribution >= 4 is 51.2 Å². The highest BCUT2D eigenvalue weighted by molar-refractivity contribution is 8.26. The van der Waals surface area contributed by atoms with Crippen molar-refractivity contribution < 1.29 is 4.79 Å². The van der Waals surface area contributed by atoms with Crippen LogP contribution in [0.15, 0.2) is 59.6 Å². The van der Waals surface area contributed by atoms with Crippen LogP contribution in [0.25, 0.3) is 28.1 Å². The Balaban J connectivity index is 1.23. The maximum absolute atomic E-state index is 13.0. The predicted molar refractivity (Wildman–Crippen MR) is 135 cm³/mol. The summed E-state index contributed by atoms with van der Waals surface area (Å²) < 4.78 is 0.624. The number of thiocarbonyl (C=S) groups is 1. The fraction of sp³-hybridized carbons (Fsp3) is 0.208. The number of carbonyl (C=O) groups is 1. The molecule has 2 aromatic carbocycles. The number of H-pyrrole nitrogens is 2. The zero-order chi connectivity index (χ0) is 22.6. The predicted octanol–water partition coefficient (Wildman–Crippen LogP) is 4.96. The monoisotopic (exact) mass is 474 g/mol. The molecule has 33 heavy (non-hydrogen) atoms. The van der Waals surface area contributed by atoms with Gasteiger partial charge in [0.2, 0.25) is 0 Å². The van der Waals surface area contributed by atoms with Crippen LogP contribution >= 0.6 is 24.0 Å². The third-order valence-corrected chi connectivity index (χ3v) is 6.99. The molecule has 5 rings (SSSR count). The molecule has 1 aliphatic rings. The number of aromatic amines is 2. The topological polar surface area (TPSA) is 90.6 Å². The maximum Gasteiger partial charge on any atom is 0.266 e. The molecule has 0 spiro atoms. The number of carbonyl (C=O) groups excluding carboxylic acids is 1. The van der Waals surface area contributed by atoms with Gasteiger partial charge in [-0.15, -0.1) is 10.2 Å². The second-order valence-corrected chi connectivity index (χ2v) is 9.55. The summed E-state index contributed by atoms with van der Waals surface area (Å²) in [5.74, 6) is 0.709. The number of aromatic nitrogens is 5. The summed E-state index contributed by atoms with van der Waals surface area (Å²) in [5.41, 5.74) is 4.37. The summed E-state index contributed by atoms with van der Waals surface area (Å²) in [4.78, 5) is 18.6. The van der Waals surface area contributed by atoms with Crippen LogP contribution in [-0.4, -0.2) is 47.3 Å². The van der Waals surface area contributed by atoms with Gasteiger partial charge in [0.25, 0.3) is 5.91 Å². The molecule has 0 saturated carbocycles. The number of unbranched alkanes of at least 4 members (excludes halogenated alkanes) is 2. The maximum atomic E-state index is 13.0. The smallest absolute Gasteiger partial charge is 0.266 e. The molecule has 7 nitrogen and oxygen atoms in total. The van der Waals surface area contributed by atoms with Crippen molar-refractivity contribution in [2.24, 2.45) is 0 Å². The first-order valence-corrected chi connectivity index (χ1v) is 12.1. The average molecular weight is 475 g/mol. The van der Waals surface area contributed by atoms with E-state index in [1.165, 1.54) is 17.1 Å². The molecule has 2 aromatic heterocycles. The number of rotatable bonds is 8. The largest absolute Gasteiger partial charge is 0.361 e. The summed E-state index contributed by atoms with van der Waals surface area (Å²) in [7, 11) is 0. The first-order valence-electron chi connectivity index (χ1n) is 10.8. The molecule has 0 unspecified atom stereocenters. The van der Waals surface area contributed by atoms with Gasteiger partial charge < -0.3 is 4.98 Å². The number of tetrazole rings is 1. The average Bonchev–Trinajstić information content (AvgIpc) is 3.56. The van der Waals surface area contributed by atoms with Crippen LogP contribution in [0.5, 0.6) is 0 Å². The summed E-state index contributed by atoms with van der Waals surface area (Å²) >= 11 is 6.86. The Hall–Kier alpha value is -3.30. The van der Waals surface area contributed by atoms with Crippen LogP contribution in [-0.2, 0) is 11.2 Å². The van der Waals surface area contributed by atoms with Crippen LogP contribution in [0, 0.1) is 0 Å². The first-order chi connectivity index (χ1) is 16.2. The van der Waals surface area contributed by atoms with Crippen molar-refractivity contribution in [3.63, 3.8) is 0 Å². The van der Waals surface area contributed by atoms with E-state index in [0.717, 1.165) is 53.7 Å². The van der Waals surface area contributed by atoms with Crippen LogP contribution in [0.4, 0.5) is 0 Å². The van der Waals surface area contributed by atoms with Crippen molar-refractivity contribution in [3.8, 4) is 11.1 Å². The van der Waals surface area contributed by atoms with Gasteiger partial charge in [-0.1, -0.05) is 59.9 Å². The zero-order valence-electron chi connectivity index (χ0n) is 17.8. The number of hydrogen-bond donors (Lipinski definition) is 2. The Kier molecular flexibility index (Phi) is 6.32. The van der Waals surface area contributed by atoms with E-state index in [-0.39, 0.29) is 5.91 Å². The third-order valence-electron chi connectivity index (χ3n) is 5.62. The molecule has 1 amide bonds. The minimum atomic E-state index is -0.0117. The quantitative estimate of drug-likeness (QED) is 0.213. The zero-order valence-corrected chi connectivity index (χ0v) is 19.5. The normalized spacial score (nSPS) is 15.3. The van der Waals surface area contributed by atoms with Crippen molar-refractivity contribution in [3.05, 3.63) is 71.0 Å². The van der Waals surface area contributed by atoms with Gasteiger partial charge in [0, 0.05) is 24.7 Å². The standard InChI is InChI=1S/C24H22N6OS2/c31-23-21(33-24(32)30(23)12-3-1-2-7-22-26-28-29-27-22)14-16-5-4-6-17(13-16)18-8-9-20-19(15-18)10-11-25-20/h4-6,8-11,13-15,25H,1-3,7,12H2,(H,26,27,28,29). The molecule has 166 valence electrons. The molecule has 4 aromatic rings. The van der Waals surface area contributed by atoms with Gasteiger partial charge in [-0.2, -0.15) is 5.21 Å². The lowest BCUT2D eigenvalue weighted by Gasteiger charge is -2.13.